The van der Waals surface area contributed by atoms with E-state index in [4.69, 9.17) is 0 Å². The van der Waals surface area contributed by atoms with E-state index in [2.05, 4.69) is 0 Å². The molecule has 1 unspecified atom stereocenters. The topological polar surface area (TPSA) is 17.1 Å². The summed E-state index contributed by atoms with van der Waals surface area (Å²) in [6, 6.07) is 13.3. The van der Waals surface area contributed by atoms with Crippen LogP contribution in [0.25, 0.3) is 0 Å². The van der Waals surface area contributed by atoms with Gasteiger partial charge in [-0.3, -0.25) is 4.79 Å². The molecule has 1 atom stereocenters. The Kier molecular flexibility index (Phi) is 4.69. The zero-order valence-corrected chi connectivity index (χ0v) is 12.4. The maximum absolute atomic E-state index is 12.9. The molecule has 2 aromatic rings. The number of halogens is 3. The fourth-order valence-corrected chi connectivity index (χ4v) is 2.31. The van der Waals surface area contributed by atoms with Gasteiger partial charge in [0.2, 0.25) is 0 Å². The number of Topliss-reactive ketones (excluding diaryl/α,β-unsaturated/α-hetero) is 1. The lowest BCUT2D eigenvalue weighted by Gasteiger charge is -2.18. The Labute approximate surface area is 127 Å². The molecule has 0 saturated heterocycles. The third-order valence-corrected chi connectivity index (χ3v) is 3.57. The van der Waals surface area contributed by atoms with Crippen LogP contribution in [0.4, 0.5) is 13.2 Å². The van der Waals surface area contributed by atoms with Crippen LogP contribution in [0.2, 0.25) is 0 Å². The van der Waals surface area contributed by atoms with E-state index < -0.39 is 24.3 Å². The summed E-state index contributed by atoms with van der Waals surface area (Å²) in [6.45, 7) is 3.71. The highest BCUT2D eigenvalue weighted by Gasteiger charge is 2.36. The van der Waals surface area contributed by atoms with Gasteiger partial charge in [-0.1, -0.05) is 59.7 Å². The predicted octanol–water partition coefficient (Wildman–Crippen LogP) is 5.22. The van der Waals surface area contributed by atoms with Crippen LogP contribution in [0, 0.1) is 13.8 Å². The molecule has 0 fully saturated rings. The fourth-order valence-electron chi connectivity index (χ4n) is 2.31. The average Bonchev–Trinajstić information content (AvgIpc) is 2.45. The Morgan fingerprint density at radius 2 is 1.36 bits per heavy atom. The van der Waals surface area contributed by atoms with Gasteiger partial charge in [0.1, 0.15) is 0 Å². The molecule has 2 aromatic carbocycles. The number of ketones is 1. The van der Waals surface area contributed by atoms with Gasteiger partial charge in [-0.15, -0.1) is 0 Å². The minimum absolute atomic E-state index is 0.306. The summed E-state index contributed by atoms with van der Waals surface area (Å²) in [4.78, 5) is 12.5. The average molecular weight is 306 g/mol. The smallest absolute Gasteiger partial charge is 0.293 e. The second-order valence-corrected chi connectivity index (χ2v) is 5.51. The molecule has 22 heavy (non-hydrogen) atoms. The normalized spacial score (nSPS) is 13.0. The second-order valence-electron chi connectivity index (χ2n) is 5.51. The first kappa shape index (κ1) is 16.3. The molecule has 0 radical (unpaired) electrons. The van der Waals surface area contributed by atoms with Gasteiger partial charge in [0.05, 0.1) is 12.3 Å². The van der Waals surface area contributed by atoms with Crippen molar-refractivity contribution in [3.63, 3.8) is 0 Å². The molecular weight excluding hydrogens is 289 g/mol. The van der Waals surface area contributed by atoms with E-state index >= 15 is 0 Å². The van der Waals surface area contributed by atoms with Crippen molar-refractivity contribution in [2.24, 2.45) is 0 Å². The molecule has 0 heterocycles. The Balaban J connectivity index is 2.37. The first-order valence-electron chi connectivity index (χ1n) is 7.00. The van der Waals surface area contributed by atoms with E-state index in [0.29, 0.717) is 11.1 Å². The summed E-state index contributed by atoms with van der Waals surface area (Å²) in [5.74, 6) is -1.70. The first-order valence-corrected chi connectivity index (χ1v) is 7.00. The molecule has 0 aliphatic rings. The van der Waals surface area contributed by atoms with Crippen molar-refractivity contribution in [3.05, 3.63) is 70.8 Å². The third kappa shape index (κ3) is 4.20. The zero-order valence-electron chi connectivity index (χ0n) is 12.4. The van der Waals surface area contributed by atoms with Crippen molar-refractivity contribution in [3.8, 4) is 0 Å². The molecule has 0 aliphatic carbocycles. The van der Waals surface area contributed by atoms with Gasteiger partial charge in [0, 0.05) is 5.56 Å². The number of hydrogen-bond donors (Lipinski definition) is 0. The number of rotatable bonds is 4. The zero-order chi connectivity index (χ0) is 16.3. The monoisotopic (exact) mass is 306 g/mol. The maximum Gasteiger partial charge on any atom is 0.390 e. The molecule has 116 valence electrons. The molecule has 1 nitrogen and oxygen atoms in total. The number of hydrogen-bond acceptors (Lipinski definition) is 1. The van der Waals surface area contributed by atoms with Crippen molar-refractivity contribution in [1.29, 1.82) is 0 Å². The van der Waals surface area contributed by atoms with Gasteiger partial charge >= 0.3 is 6.18 Å². The molecule has 0 saturated carbocycles. The van der Waals surface area contributed by atoms with Crippen LogP contribution >= 0.6 is 0 Å². The van der Waals surface area contributed by atoms with Gasteiger partial charge in [-0.25, -0.2) is 0 Å². The summed E-state index contributed by atoms with van der Waals surface area (Å²) >= 11 is 0. The lowest BCUT2D eigenvalue weighted by molar-refractivity contribution is -0.136. The van der Waals surface area contributed by atoms with Gasteiger partial charge in [-0.05, 0) is 19.4 Å². The number of aryl methyl sites for hydroxylation is 2. The Bertz CT molecular complexity index is 640. The minimum Gasteiger partial charge on any atom is -0.293 e. The summed E-state index contributed by atoms with van der Waals surface area (Å²) in [5.41, 5.74) is 2.60. The summed E-state index contributed by atoms with van der Waals surface area (Å²) in [7, 11) is 0. The molecule has 0 spiro atoms. The molecular formula is C18H17F3O. The van der Waals surface area contributed by atoms with Crippen LogP contribution in [-0.4, -0.2) is 12.0 Å². The van der Waals surface area contributed by atoms with E-state index in [-0.39, 0.29) is 0 Å². The van der Waals surface area contributed by atoms with Crippen molar-refractivity contribution >= 4 is 5.78 Å². The highest BCUT2D eigenvalue weighted by Crippen LogP contribution is 2.33. The highest BCUT2D eigenvalue weighted by molar-refractivity contribution is 6.01. The fraction of sp³-hybridized carbons (Fsp3) is 0.278. The number of benzene rings is 2. The Morgan fingerprint density at radius 3 is 1.82 bits per heavy atom. The largest absolute Gasteiger partial charge is 0.390 e. The summed E-state index contributed by atoms with van der Waals surface area (Å²) < 4.78 is 38.6. The second kappa shape index (κ2) is 6.34. The van der Waals surface area contributed by atoms with Crippen LogP contribution in [0.5, 0.6) is 0 Å². The molecule has 0 aliphatic heterocycles. The van der Waals surface area contributed by atoms with Crippen LogP contribution in [0.3, 0.4) is 0 Å². The van der Waals surface area contributed by atoms with Crippen molar-refractivity contribution < 1.29 is 18.0 Å². The molecule has 2 rings (SSSR count). The quantitative estimate of drug-likeness (QED) is 0.708. The van der Waals surface area contributed by atoms with Crippen LogP contribution in [-0.2, 0) is 0 Å². The van der Waals surface area contributed by atoms with E-state index in [1.165, 1.54) is 0 Å². The van der Waals surface area contributed by atoms with Gasteiger partial charge in [0.25, 0.3) is 0 Å². The van der Waals surface area contributed by atoms with Gasteiger partial charge in [-0.2, -0.15) is 13.2 Å². The summed E-state index contributed by atoms with van der Waals surface area (Å²) in [5, 5.41) is 0. The van der Waals surface area contributed by atoms with E-state index in [1.54, 1.807) is 48.5 Å². The van der Waals surface area contributed by atoms with Crippen LogP contribution in [0.15, 0.2) is 48.5 Å². The first-order chi connectivity index (χ1) is 10.3. The van der Waals surface area contributed by atoms with Crippen LogP contribution < -0.4 is 0 Å². The number of alkyl halides is 3. The van der Waals surface area contributed by atoms with Crippen molar-refractivity contribution in [2.75, 3.05) is 0 Å². The minimum atomic E-state index is -4.39. The molecule has 0 N–H and O–H groups in total. The van der Waals surface area contributed by atoms with Crippen LogP contribution in [0.1, 0.15) is 39.4 Å². The Morgan fingerprint density at radius 1 is 0.909 bits per heavy atom. The molecule has 0 aromatic heterocycles. The molecule has 4 heteroatoms. The lowest BCUT2D eigenvalue weighted by Crippen LogP contribution is -2.21. The highest BCUT2D eigenvalue weighted by atomic mass is 19.4. The predicted molar refractivity (Wildman–Crippen MR) is 80.1 cm³/mol. The Hall–Kier alpha value is -2.10. The molecule has 0 bridgehead atoms. The summed E-state index contributed by atoms with van der Waals surface area (Å²) in [6.07, 6.45) is -5.54. The van der Waals surface area contributed by atoms with Crippen molar-refractivity contribution in [2.45, 2.75) is 32.4 Å². The van der Waals surface area contributed by atoms with E-state index in [0.717, 1.165) is 11.1 Å². The SMILES string of the molecule is Cc1ccc(C(=O)C(CC(F)(F)F)c2ccc(C)cc2)cc1. The number of carbonyl (C=O) groups is 1. The van der Waals surface area contributed by atoms with Gasteiger partial charge < -0.3 is 0 Å². The van der Waals surface area contributed by atoms with Crippen molar-refractivity contribution in [1.82, 2.24) is 0 Å². The maximum atomic E-state index is 12.9. The molecule has 0 amide bonds. The van der Waals surface area contributed by atoms with E-state index in [9.17, 15) is 18.0 Å². The lowest BCUT2D eigenvalue weighted by atomic mass is 9.87. The number of carbonyl (C=O) groups excluding carboxylic acids is 1. The van der Waals surface area contributed by atoms with Gasteiger partial charge in [0.15, 0.2) is 5.78 Å². The third-order valence-electron chi connectivity index (χ3n) is 3.57. The standard InChI is InChI=1S/C18H17F3O/c1-12-3-7-14(8-4-12)16(11-18(19,20)21)17(22)15-9-5-13(2)6-10-15/h3-10,16H,11H2,1-2H3. The van der Waals surface area contributed by atoms with E-state index in [1.807, 2.05) is 13.8 Å².